The molecule has 0 aromatic rings. The summed E-state index contributed by atoms with van der Waals surface area (Å²) in [5.74, 6) is -1.73. The molecule has 1 N–H and O–H groups in total. The number of carboxylic acid groups (broad SMARTS) is 1. The Morgan fingerprint density at radius 2 is 1.80 bits per heavy atom. The van der Waals surface area contributed by atoms with Gasteiger partial charge in [0.1, 0.15) is 0 Å². The van der Waals surface area contributed by atoms with Gasteiger partial charge < -0.3 is 9.84 Å². The second-order valence-corrected chi connectivity index (χ2v) is 3.25. The van der Waals surface area contributed by atoms with Crippen LogP contribution in [0.4, 0.5) is 0 Å². The van der Waals surface area contributed by atoms with E-state index in [2.05, 4.69) is 6.92 Å². The molecule has 0 atom stereocenters. The first-order valence-corrected chi connectivity index (χ1v) is 5.24. The van der Waals surface area contributed by atoms with Crippen LogP contribution >= 0.6 is 0 Å². The number of carboxylic acids is 1. The highest BCUT2D eigenvalue weighted by Gasteiger charge is 1.97. The van der Waals surface area contributed by atoms with Crippen molar-refractivity contribution in [1.29, 1.82) is 0 Å². The van der Waals surface area contributed by atoms with Gasteiger partial charge in [0.15, 0.2) is 0 Å². The average molecular weight is 214 g/mol. The maximum Gasteiger partial charge on any atom is 0.331 e. The lowest BCUT2D eigenvalue weighted by molar-refractivity contribution is -0.138. The third-order valence-corrected chi connectivity index (χ3v) is 1.85. The smallest absolute Gasteiger partial charge is 0.331 e. The van der Waals surface area contributed by atoms with Gasteiger partial charge in [0.2, 0.25) is 0 Å². The van der Waals surface area contributed by atoms with Crippen molar-refractivity contribution in [2.24, 2.45) is 0 Å². The number of carbonyl (C=O) groups excluding carboxylic acids is 1. The van der Waals surface area contributed by atoms with Gasteiger partial charge in [0.25, 0.3) is 0 Å². The van der Waals surface area contributed by atoms with Crippen LogP contribution in [0.2, 0.25) is 0 Å². The number of aliphatic carboxylic acids is 1. The van der Waals surface area contributed by atoms with Gasteiger partial charge in [0, 0.05) is 12.2 Å². The molecule has 0 saturated carbocycles. The number of hydrogen-bond acceptors (Lipinski definition) is 3. The normalized spacial score (nSPS) is 10.5. The van der Waals surface area contributed by atoms with Gasteiger partial charge in [0.05, 0.1) is 6.61 Å². The van der Waals surface area contributed by atoms with Crippen molar-refractivity contribution in [3.05, 3.63) is 12.2 Å². The first-order chi connectivity index (χ1) is 7.16. The Morgan fingerprint density at radius 1 is 1.13 bits per heavy atom. The molecular weight excluding hydrogens is 196 g/mol. The zero-order valence-electron chi connectivity index (χ0n) is 9.07. The maximum atomic E-state index is 10.9. The number of ether oxygens (including phenoxy) is 1. The fourth-order valence-corrected chi connectivity index (χ4v) is 1.07. The second kappa shape index (κ2) is 9.24. The van der Waals surface area contributed by atoms with E-state index in [1.807, 2.05) is 0 Å². The highest BCUT2D eigenvalue weighted by Crippen LogP contribution is 2.02. The van der Waals surface area contributed by atoms with Crippen molar-refractivity contribution in [3.63, 3.8) is 0 Å². The summed E-state index contributed by atoms with van der Waals surface area (Å²) >= 11 is 0. The number of unbranched alkanes of at least 4 members (excludes halogenated alkanes) is 4. The first kappa shape index (κ1) is 13.7. The van der Waals surface area contributed by atoms with Crippen LogP contribution in [-0.2, 0) is 14.3 Å². The van der Waals surface area contributed by atoms with Crippen LogP contribution in [0, 0.1) is 0 Å². The molecular formula is C11H18O4. The molecule has 86 valence electrons. The Kier molecular flexibility index (Phi) is 8.43. The lowest BCUT2D eigenvalue weighted by atomic mass is 10.2. The lowest BCUT2D eigenvalue weighted by Gasteiger charge is -2.01. The predicted octanol–water partition coefficient (Wildman–Crippen LogP) is 2.14. The Bertz CT molecular complexity index is 221. The van der Waals surface area contributed by atoms with Crippen LogP contribution in [-0.4, -0.2) is 23.7 Å². The van der Waals surface area contributed by atoms with Crippen molar-refractivity contribution in [2.45, 2.75) is 39.0 Å². The quantitative estimate of drug-likeness (QED) is 0.382. The predicted molar refractivity (Wildman–Crippen MR) is 56.5 cm³/mol. The summed E-state index contributed by atoms with van der Waals surface area (Å²) in [4.78, 5) is 20.9. The molecule has 0 spiro atoms. The summed E-state index contributed by atoms with van der Waals surface area (Å²) in [7, 11) is 0. The van der Waals surface area contributed by atoms with Crippen molar-refractivity contribution < 1.29 is 19.4 Å². The van der Waals surface area contributed by atoms with Gasteiger partial charge in [-0.25, -0.2) is 9.59 Å². The minimum absolute atomic E-state index is 0.368. The van der Waals surface area contributed by atoms with E-state index in [0.29, 0.717) is 6.61 Å². The standard InChI is InChI=1S/C11H18O4/c1-2-3-4-5-6-9-15-11(14)8-7-10(12)13/h7-8H,2-6,9H2,1H3,(H,12,13)/b8-7+. The Balaban J connectivity index is 3.35. The molecule has 0 bridgehead atoms. The highest BCUT2D eigenvalue weighted by atomic mass is 16.5. The summed E-state index contributed by atoms with van der Waals surface area (Å²) in [6.45, 7) is 2.50. The molecule has 0 saturated heterocycles. The van der Waals surface area contributed by atoms with Crippen molar-refractivity contribution >= 4 is 11.9 Å². The molecule has 0 aromatic carbocycles. The molecule has 0 fully saturated rings. The molecule has 0 rings (SSSR count). The van der Waals surface area contributed by atoms with Crippen molar-refractivity contribution in [1.82, 2.24) is 0 Å². The van der Waals surface area contributed by atoms with Crippen LogP contribution in [0.15, 0.2) is 12.2 Å². The molecule has 0 aliphatic heterocycles. The summed E-state index contributed by atoms with van der Waals surface area (Å²) in [6, 6.07) is 0. The minimum atomic E-state index is -1.14. The van der Waals surface area contributed by atoms with E-state index >= 15 is 0 Å². The summed E-state index contributed by atoms with van der Waals surface area (Å²) < 4.78 is 4.78. The fourth-order valence-electron chi connectivity index (χ4n) is 1.07. The fraction of sp³-hybridized carbons (Fsp3) is 0.636. The van der Waals surface area contributed by atoms with E-state index in [-0.39, 0.29) is 0 Å². The molecule has 15 heavy (non-hydrogen) atoms. The van der Waals surface area contributed by atoms with Crippen molar-refractivity contribution in [3.8, 4) is 0 Å². The van der Waals surface area contributed by atoms with E-state index in [1.54, 1.807) is 0 Å². The maximum absolute atomic E-state index is 10.9. The van der Waals surface area contributed by atoms with Gasteiger partial charge in [-0.15, -0.1) is 0 Å². The van der Waals surface area contributed by atoms with Gasteiger partial charge >= 0.3 is 11.9 Å². The van der Waals surface area contributed by atoms with Crippen LogP contribution in [0.5, 0.6) is 0 Å². The Morgan fingerprint density at radius 3 is 2.40 bits per heavy atom. The largest absolute Gasteiger partial charge is 0.478 e. The molecule has 0 aliphatic rings. The van der Waals surface area contributed by atoms with Crippen molar-refractivity contribution in [2.75, 3.05) is 6.61 Å². The summed E-state index contributed by atoms with van der Waals surface area (Å²) in [5, 5.41) is 8.24. The molecule has 0 heterocycles. The Labute approximate surface area is 89.9 Å². The molecule has 0 aromatic heterocycles. The SMILES string of the molecule is CCCCCCCOC(=O)/C=C/C(=O)O. The molecule has 4 heteroatoms. The molecule has 0 aliphatic carbocycles. The topological polar surface area (TPSA) is 63.6 Å². The molecule has 0 unspecified atom stereocenters. The van der Waals surface area contributed by atoms with Gasteiger partial charge in [-0.1, -0.05) is 32.6 Å². The van der Waals surface area contributed by atoms with Crippen LogP contribution < -0.4 is 0 Å². The second-order valence-electron chi connectivity index (χ2n) is 3.25. The van der Waals surface area contributed by atoms with Crippen LogP contribution in [0.3, 0.4) is 0 Å². The molecule has 0 radical (unpaired) electrons. The Hall–Kier alpha value is -1.32. The molecule has 0 amide bonds. The van der Waals surface area contributed by atoms with E-state index in [9.17, 15) is 9.59 Å². The minimum Gasteiger partial charge on any atom is -0.478 e. The van der Waals surface area contributed by atoms with E-state index in [0.717, 1.165) is 31.4 Å². The zero-order chi connectivity index (χ0) is 11.5. The average Bonchev–Trinajstić information content (AvgIpc) is 2.20. The summed E-state index contributed by atoms with van der Waals surface area (Å²) in [6.07, 6.45) is 7.12. The monoisotopic (exact) mass is 214 g/mol. The zero-order valence-corrected chi connectivity index (χ0v) is 9.07. The summed E-state index contributed by atoms with van der Waals surface area (Å²) in [5.41, 5.74) is 0. The third kappa shape index (κ3) is 10.6. The van der Waals surface area contributed by atoms with Gasteiger partial charge in [-0.3, -0.25) is 0 Å². The number of rotatable bonds is 8. The van der Waals surface area contributed by atoms with Crippen LogP contribution in [0.25, 0.3) is 0 Å². The number of esters is 1. The molecule has 4 nitrogen and oxygen atoms in total. The van der Waals surface area contributed by atoms with E-state index in [1.165, 1.54) is 12.8 Å². The van der Waals surface area contributed by atoms with Crippen LogP contribution in [0.1, 0.15) is 39.0 Å². The highest BCUT2D eigenvalue weighted by molar-refractivity contribution is 5.90. The van der Waals surface area contributed by atoms with E-state index < -0.39 is 11.9 Å². The van der Waals surface area contributed by atoms with Gasteiger partial charge in [-0.05, 0) is 6.42 Å². The number of carbonyl (C=O) groups is 2. The first-order valence-electron chi connectivity index (χ1n) is 5.24. The lowest BCUT2D eigenvalue weighted by Crippen LogP contribution is -2.03. The van der Waals surface area contributed by atoms with Gasteiger partial charge in [-0.2, -0.15) is 0 Å². The third-order valence-electron chi connectivity index (χ3n) is 1.85. The number of hydrogen-bond donors (Lipinski definition) is 1. The van der Waals surface area contributed by atoms with E-state index in [4.69, 9.17) is 9.84 Å².